The molecule has 0 aliphatic carbocycles. The molecule has 0 saturated heterocycles. The summed E-state index contributed by atoms with van der Waals surface area (Å²) in [5, 5.41) is 9.04. The van der Waals surface area contributed by atoms with Gasteiger partial charge in [-0.05, 0) is 37.6 Å². The lowest BCUT2D eigenvalue weighted by Crippen LogP contribution is -2.23. The predicted octanol–water partition coefficient (Wildman–Crippen LogP) is 1.89. The average Bonchev–Trinajstić information content (AvgIpc) is 2.63. The van der Waals surface area contributed by atoms with Crippen molar-refractivity contribution in [2.75, 3.05) is 6.54 Å². The minimum Gasteiger partial charge on any atom is -0.450 e. The highest BCUT2D eigenvalue weighted by Gasteiger charge is 2.06. The zero-order valence-electron chi connectivity index (χ0n) is 14.3. The van der Waals surface area contributed by atoms with Crippen LogP contribution in [0.5, 0.6) is 5.75 Å². The van der Waals surface area contributed by atoms with E-state index in [9.17, 15) is 0 Å². The highest BCUT2D eigenvalue weighted by atomic mass is 16.5. The molecule has 2 aromatic rings. The second kappa shape index (κ2) is 9.03. The van der Waals surface area contributed by atoms with Crippen LogP contribution in [0.4, 0.5) is 0 Å². The second-order valence-corrected chi connectivity index (χ2v) is 5.14. The number of allylic oxidation sites excluding steroid dienone is 1. The van der Waals surface area contributed by atoms with Crippen molar-refractivity contribution in [3.05, 3.63) is 65.4 Å². The van der Waals surface area contributed by atoms with Crippen molar-refractivity contribution in [1.82, 2.24) is 9.55 Å². The maximum Gasteiger partial charge on any atom is 0.207 e. The fourth-order valence-electron chi connectivity index (χ4n) is 2.10. The SMILES string of the molecule is CCN=C/C(=C\N)Oc1cccn(Cc2ccc(C)nc2)c1=NC#N. The molecule has 2 rings (SSSR count). The molecule has 2 aromatic heterocycles. The van der Waals surface area contributed by atoms with Gasteiger partial charge < -0.3 is 15.0 Å². The maximum absolute atomic E-state index is 9.04. The molecule has 0 radical (unpaired) electrons. The molecule has 0 atom stereocenters. The lowest BCUT2D eigenvalue weighted by atomic mass is 10.2. The molecule has 2 N–H and O–H groups in total. The van der Waals surface area contributed by atoms with Crippen molar-refractivity contribution >= 4 is 6.21 Å². The van der Waals surface area contributed by atoms with Gasteiger partial charge in [0.1, 0.15) is 0 Å². The number of hydrogen-bond acceptors (Lipinski definition) is 6. The number of ether oxygens (including phenoxy) is 1. The zero-order valence-corrected chi connectivity index (χ0v) is 14.3. The summed E-state index contributed by atoms with van der Waals surface area (Å²) in [6.45, 7) is 4.97. The van der Waals surface area contributed by atoms with Gasteiger partial charge in [0.05, 0.1) is 12.8 Å². The van der Waals surface area contributed by atoms with Crippen LogP contribution in [0.2, 0.25) is 0 Å². The van der Waals surface area contributed by atoms with E-state index in [1.807, 2.05) is 49.0 Å². The average molecular weight is 336 g/mol. The van der Waals surface area contributed by atoms with E-state index in [-0.39, 0.29) is 0 Å². The fraction of sp³-hybridized carbons (Fsp3) is 0.222. The van der Waals surface area contributed by atoms with Crippen LogP contribution in [0.25, 0.3) is 0 Å². The Morgan fingerprint density at radius 2 is 2.28 bits per heavy atom. The van der Waals surface area contributed by atoms with Crippen LogP contribution in [-0.2, 0) is 6.54 Å². The summed E-state index contributed by atoms with van der Waals surface area (Å²) in [5.74, 6) is 0.800. The van der Waals surface area contributed by atoms with Crippen LogP contribution in [-0.4, -0.2) is 22.3 Å². The first-order chi connectivity index (χ1) is 12.2. The molecule has 25 heavy (non-hydrogen) atoms. The lowest BCUT2D eigenvalue weighted by Gasteiger charge is -2.11. The van der Waals surface area contributed by atoms with Crippen LogP contribution in [0.1, 0.15) is 18.2 Å². The van der Waals surface area contributed by atoms with Gasteiger partial charge in [-0.25, -0.2) is 0 Å². The first-order valence-corrected chi connectivity index (χ1v) is 7.81. The largest absolute Gasteiger partial charge is 0.450 e. The molecule has 7 heteroatoms. The Morgan fingerprint density at radius 3 is 2.92 bits per heavy atom. The van der Waals surface area contributed by atoms with E-state index in [1.54, 1.807) is 12.3 Å². The van der Waals surface area contributed by atoms with Crippen LogP contribution in [0.15, 0.2) is 58.6 Å². The second-order valence-electron chi connectivity index (χ2n) is 5.14. The first-order valence-electron chi connectivity index (χ1n) is 7.81. The van der Waals surface area contributed by atoms with E-state index < -0.39 is 0 Å². The Hall–Kier alpha value is -3.40. The molecule has 0 fully saturated rings. The minimum atomic E-state index is 0.381. The van der Waals surface area contributed by atoms with Crippen LogP contribution >= 0.6 is 0 Å². The number of aromatic nitrogens is 2. The van der Waals surface area contributed by atoms with Gasteiger partial charge in [-0.2, -0.15) is 10.3 Å². The standard InChI is InChI=1S/C18H20N6O/c1-3-21-11-16(9-19)25-17-5-4-8-24(18(17)23-13-20)12-15-7-6-14(2)22-10-15/h4-11H,3,12,19H2,1-2H3/b16-9+,21-11?,23-18?. The highest BCUT2D eigenvalue weighted by molar-refractivity contribution is 5.76. The molecule has 7 nitrogen and oxygen atoms in total. The van der Waals surface area contributed by atoms with Crippen molar-refractivity contribution < 1.29 is 4.74 Å². The minimum absolute atomic E-state index is 0.381. The van der Waals surface area contributed by atoms with Gasteiger partial charge in [-0.3, -0.25) is 9.98 Å². The van der Waals surface area contributed by atoms with E-state index in [2.05, 4.69) is 15.0 Å². The summed E-state index contributed by atoms with van der Waals surface area (Å²) in [4.78, 5) is 12.3. The van der Waals surface area contributed by atoms with Crippen LogP contribution < -0.4 is 16.0 Å². The van der Waals surface area contributed by atoms with Gasteiger partial charge in [0, 0.05) is 30.8 Å². The van der Waals surface area contributed by atoms with E-state index >= 15 is 0 Å². The quantitative estimate of drug-likeness (QED) is 0.494. The molecular formula is C18H20N6O. The van der Waals surface area contributed by atoms with E-state index in [1.165, 1.54) is 12.4 Å². The maximum atomic E-state index is 9.04. The molecular weight excluding hydrogens is 316 g/mol. The molecule has 0 spiro atoms. The van der Waals surface area contributed by atoms with Gasteiger partial charge in [-0.1, -0.05) is 6.07 Å². The number of rotatable bonds is 6. The summed E-state index contributed by atoms with van der Waals surface area (Å²) in [5.41, 5.74) is 7.91. The van der Waals surface area contributed by atoms with Crippen LogP contribution in [0.3, 0.4) is 0 Å². The Labute approximate surface area is 146 Å². The number of hydrogen-bond donors (Lipinski definition) is 1. The van der Waals surface area contributed by atoms with Crippen molar-refractivity contribution in [3.8, 4) is 11.9 Å². The summed E-state index contributed by atoms with van der Waals surface area (Å²) >= 11 is 0. The summed E-state index contributed by atoms with van der Waals surface area (Å²) in [6.07, 6.45) is 8.30. The molecule has 2 heterocycles. The molecule has 0 aliphatic heterocycles. The molecule has 128 valence electrons. The van der Waals surface area contributed by atoms with Gasteiger partial charge in [0.25, 0.3) is 0 Å². The van der Waals surface area contributed by atoms with Gasteiger partial charge in [0.15, 0.2) is 17.0 Å². The normalized spacial score (nSPS) is 12.4. The van der Waals surface area contributed by atoms with Crippen molar-refractivity contribution in [3.63, 3.8) is 0 Å². The monoisotopic (exact) mass is 336 g/mol. The van der Waals surface area contributed by atoms with E-state index in [0.29, 0.717) is 30.1 Å². The fourth-order valence-corrected chi connectivity index (χ4v) is 2.10. The summed E-state index contributed by atoms with van der Waals surface area (Å²) < 4.78 is 7.57. The van der Waals surface area contributed by atoms with Crippen molar-refractivity contribution in [2.45, 2.75) is 20.4 Å². The van der Waals surface area contributed by atoms with Gasteiger partial charge >= 0.3 is 0 Å². The van der Waals surface area contributed by atoms with E-state index in [0.717, 1.165) is 11.3 Å². The molecule has 0 unspecified atom stereocenters. The Balaban J connectivity index is 2.39. The Kier molecular flexibility index (Phi) is 6.48. The van der Waals surface area contributed by atoms with E-state index in [4.69, 9.17) is 15.7 Å². The third kappa shape index (κ3) is 5.04. The smallest absolute Gasteiger partial charge is 0.207 e. The Morgan fingerprint density at radius 1 is 1.44 bits per heavy atom. The number of nitriles is 1. The number of nitrogens with two attached hydrogens (primary N) is 1. The number of nitrogens with zero attached hydrogens (tertiary/aromatic N) is 5. The zero-order chi connectivity index (χ0) is 18.1. The number of aryl methyl sites for hydroxylation is 1. The molecule has 0 saturated carbocycles. The summed E-state index contributed by atoms with van der Waals surface area (Å²) in [6, 6.07) is 7.47. The summed E-state index contributed by atoms with van der Waals surface area (Å²) in [7, 11) is 0. The molecule has 0 amide bonds. The first kappa shape index (κ1) is 17.9. The molecule has 0 aromatic carbocycles. The highest BCUT2D eigenvalue weighted by Crippen LogP contribution is 2.08. The lowest BCUT2D eigenvalue weighted by molar-refractivity contribution is 0.439. The molecule has 0 bridgehead atoms. The van der Waals surface area contributed by atoms with Crippen molar-refractivity contribution in [1.29, 1.82) is 5.26 Å². The third-order valence-corrected chi connectivity index (χ3v) is 3.28. The van der Waals surface area contributed by atoms with Crippen LogP contribution in [0, 0.1) is 18.4 Å². The Bertz CT molecular complexity index is 872. The van der Waals surface area contributed by atoms with Gasteiger partial charge in [-0.15, -0.1) is 0 Å². The van der Waals surface area contributed by atoms with Gasteiger partial charge in [0.2, 0.25) is 6.19 Å². The predicted molar refractivity (Wildman–Crippen MR) is 95.6 cm³/mol. The molecule has 0 aliphatic rings. The van der Waals surface area contributed by atoms with Crippen molar-refractivity contribution in [2.24, 2.45) is 15.7 Å². The third-order valence-electron chi connectivity index (χ3n) is 3.28. The topological polar surface area (TPSA) is 102 Å². The number of aliphatic imine (C=N–C) groups is 1. The number of pyridine rings is 2.